The van der Waals surface area contributed by atoms with Crippen LogP contribution in [0.4, 0.5) is 0 Å². The molecule has 154 valence electrons. The number of aromatic nitrogens is 4. The van der Waals surface area contributed by atoms with Crippen LogP contribution in [0.5, 0.6) is 0 Å². The molecule has 0 aliphatic heterocycles. The van der Waals surface area contributed by atoms with E-state index in [-0.39, 0.29) is 12.3 Å². The van der Waals surface area contributed by atoms with Crippen molar-refractivity contribution in [2.45, 2.75) is 32.5 Å². The third kappa shape index (κ3) is 4.29. The third-order valence-corrected chi connectivity index (χ3v) is 4.87. The van der Waals surface area contributed by atoms with E-state index in [1.807, 2.05) is 30.3 Å². The number of nitrogens with zero attached hydrogens (tertiary/aromatic N) is 5. The maximum atomic E-state index is 12.6. The van der Waals surface area contributed by atoms with E-state index in [0.717, 1.165) is 10.1 Å². The monoisotopic (exact) mass is 399 g/mol. The maximum Gasteiger partial charge on any atom is 0.332 e. The number of benzene rings is 1. The first kappa shape index (κ1) is 20.5. The van der Waals surface area contributed by atoms with Crippen molar-refractivity contribution in [3.05, 3.63) is 63.1 Å². The Morgan fingerprint density at radius 2 is 1.86 bits per heavy atom. The van der Waals surface area contributed by atoms with E-state index in [4.69, 9.17) is 0 Å². The van der Waals surface area contributed by atoms with Gasteiger partial charge >= 0.3 is 5.69 Å². The summed E-state index contributed by atoms with van der Waals surface area (Å²) in [5, 5.41) is 9.62. The second kappa shape index (κ2) is 8.44. The SMILES string of the molecule is CC(O)CC(=O)N(CCn1cnc2c1c(=O)n(C)c(=O)n2C)Cc1ccccc1. The first-order valence-electron chi connectivity index (χ1n) is 9.40. The van der Waals surface area contributed by atoms with Crippen LogP contribution in [0.1, 0.15) is 18.9 Å². The van der Waals surface area contributed by atoms with Crippen LogP contribution in [-0.4, -0.2) is 47.2 Å². The molecular formula is C20H25N5O4. The summed E-state index contributed by atoms with van der Waals surface area (Å²) in [5.41, 5.74) is 0.733. The van der Waals surface area contributed by atoms with E-state index < -0.39 is 17.4 Å². The molecule has 0 bridgehead atoms. The number of amides is 1. The molecule has 2 heterocycles. The van der Waals surface area contributed by atoms with Crippen molar-refractivity contribution in [2.24, 2.45) is 14.1 Å². The van der Waals surface area contributed by atoms with Gasteiger partial charge in [-0.05, 0) is 12.5 Å². The Labute approximate surface area is 167 Å². The van der Waals surface area contributed by atoms with Gasteiger partial charge in [-0.15, -0.1) is 0 Å². The molecule has 9 heteroatoms. The fourth-order valence-corrected chi connectivity index (χ4v) is 3.27. The van der Waals surface area contributed by atoms with Gasteiger partial charge in [0.1, 0.15) is 0 Å². The Kier molecular flexibility index (Phi) is 5.97. The van der Waals surface area contributed by atoms with Crippen molar-refractivity contribution >= 4 is 17.1 Å². The first-order valence-corrected chi connectivity index (χ1v) is 9.40. The molecule has 0 saturated heterocycles. The van der Waals surface area contributed by atoms with E-state index in [1.54, 1.807) is 23.4 Å². The van der Waals surface area contributed by atoms with Gasteiger partial charge in [-0.2, -0.15) is 0 Å². The zero-order chi connectivity index (χ0) is 21.1. The Morgan fingerprint density at radius 1 is 1.17 bits per heavy atom. The Balaban J connectivity index is 1.88. The van der Waals surface area contributed by atoms with Gasteiger partial charge in [-0.25, -0.2) is 9.78 Å². The summed E-state index contributed by atoms with van der Waals surface area (Å²) in [4.78, 5) is 43.1. The zero-order valence-electron chi connectivity index (χ0n) is 16.8. The van der Waals surface area contributed by atoms with Crippen molar-refractivity contribution < 1.29 is 9.90 Å². The number of fused-ring (bicyclic) bond motifs is 1. The molecule has 0 saturated carbocycles. The molecule has 1 N–H and O–H groups in total. The predicted molar refractivity (Wildman–Crippen MR) is 108 cm³/mol. The highest BCUT2D eigenvalue weighted by atomic mass is 16.3. The highest BCUT2D eigenvalue weighted by Gasteiger charge is 2.18. The average molecular weight is 399 g/mol. The van der Waals surface area contributed by atoms with E-state index in [2.05, 4.69) is 4.98 Å². The van der Waals surface area contributed by atoms with Crippen LogP contribution in [0.2, 0.25) is 0 Å². The van der Waals surface area contributed by atoms with Gasteiger partial charge in [0.15, 0.2) is 11.2 Å². The van der Waals surface area contributed by atoms with Crippen LogP contribution in [-0.2, 0) is 32.0 Å². The van der Waals surface area contributed by atoms with Crippen LogP contribution < -0.4 is 11.2 Å². The van der Waals surface area contributed by atoms with Gasteiger partial charge in [0.2, 0.25) is 5.91 Å². The fraction of sp³-hybridized carbons (Fsp3) is 0.400. The van der Waals surface area contributed by atoms with Gasteiger partial charge in [-0.3, -0.25) is 18.7 Å². The lowest BCUT2D eigenvalue weighted by molar-refractivity contribution is -0.133. The highest BCUT2D eigenvalue weighted by Crippen LogP contribution is 2.10. The summed E-state index contributed by atoms with van der Waals surface area (Å²) < 4.78 is 4.03. The number of imidazole rings is 1. The predicted octanol–water partition coefficient (Wildman–Crippen LogP) is 0.233. The molecular weight excluding hydrogens is 374 g/mol. The van der Waals surface area contributed by atoms with Crippen LogP contribution >= 0.6 is 0 Å². The van der Waals surface area contributed by atoms with Gasteiger partial charge in [-0.1, -0.05) is 30.3 Å². The molecule has 3 rings (SSSR count). The van der Waals surface area contributed by atoms with E-state index in [9.17, 15) is 19.5 Å². The van der Waals surface area contributed by atoms with Crippen LogP contribution in [0.15, 0.2) is 46.2 Å². The molecule has 2 aromatic heterocycles. The summed E-state index contributed by atoms with van der Waals surface area (Å²) in [7, 11) is 2.99. The summed E-state index contributed by atoms with van der Waals surface area (Å²) in [5.74, 6) is -0.173. The van der Waals surface area contributed by atoms with Crippen molar-refractivity contribution in [1.29, 1.82) is 0 Å². The van der Waals surface area contributed by atoms with E-state index in [0.29, 0.717) is 30.8 Å². The Morgan fingerprint density at radius 3 is 2.52 bits per heavy atom. The second-order valence-electron chi connectivity index (χ2n) is 7.17. The van der Waals surface area contributed by atoms with Crippen molar-refractivity contribution in [3.8, 4) is 0 Å². The number of aliphatic hydroxyl groups excluding tert-OH is 1. The molecule has 29 heavy (non-hydrogen) atoms. The Bertz CT molecular complexity index is 1130. The molecule has 1 amide bonds. The van der Waals surface area contributed by atoms with Gasteiger partial charge in [0.05, 0.1) is 18.9 Å². The summed E-state index contributed by atoms with van der Waals surface area (Å²) in [6.07, 6.45) is 0.788. The fourth-order valence-electron chi connectivity index (χ4n) is 3.27. The summed E-state index contributed by atoms with van der Waals surface area (Å²) in [6.45, 7) is 2.64. The largest absolute Gasteiger partial charge is 0.393 e. The minimum Gasteiger partial charge on any atom is -0.393 e. The van der Waals surface area contributed by atoms with Crippen molar-refractivity contribution in [3.63, 3.8) is 0 Å². The molecule has 1 aromatic carbocycles. The second-order valence-corrected chi connectivity index (χ2v) is 7.17. The summed E-state index contributed by atoms with van der Waals surface area (Å²) >= 11 is 0. The van der Waals surface area contributed by atoms with Crippen molar-refractivity contribution in [1.82, 2.24) is 23.6 Å². The van der Waals surface area contributed by atoms with Gasteiger partial charge in [0, 0.05) is 33.7 Å². The van der Waals surface area contributed by atoms with Crippen LogP contribution in [0.3, 0.4) is 0 Å². The summed E-state index contributed by atoms with van der Waals surface area (Å²) in [6, 6.07) is 9.57. The van der Waals surface area contributed by atoms with E-state index in [1.165, 1.54) is 17.9 Å². The average Bonchev–Trinajstić information content (AvgIpc) is 3.12. The number of aliphatic hydroxyl groups is 1. The molecule has 0 aliphatic carbocycles. The molecule has 0 spiro atoms. The smallest absolute Gasteiger partial charge is 0.332 e. The quantitative estimate of drug-likeness (QED) is 0.613. The van der Waals surface area contributed by atoms with Crippen molar-refractivity contribution in [2.75, 3.05) is 6.54 Å². The number of hydrogen-bond acceptors (Lipinski definition) is 5. The molecule has 1 unspecified atom stereocenters. The van der Waals surface area contributed by atoms with Gasteiger partial charge in [0.25, 0.3) is 5.56 Å². The first-order chi connectivity index (χ1) is 13.8. The van der Waals surface area contributed by atoms with E-state index >= 15 is 0 Å². The topological polar surface area (TPSA) is 102 Å². The molecule has 0 radical (unpaired) electrons. The Hall–Kier alpha value is -3.20. The number of rotatable bonds is 7. The zero-order valence-corrected chi connectivity index (χ0v) is 16.8. The highest BCUT2D eigenvalue weighted by molar-refractivity contribution is 5.76. The number of carbonyl (C=O) groups excluding carboxylic acids is 1. The third-order valence-electron chi connectivity index (χ3n) is 4.87. The van der Waals surface area contributed by atoms with Gasteiger partial charge < -0.3 is 14.6 Å². The minimum absolute atomic E-state index is 0.0216. The minimum atomic E-state index is -0.739. The number of hydrogen-bond donors (Lipinski definition) is 1. The molecule has 1 atom stereocenters. The lowest BCUT2D eigenvalue weighted by atomic mass is 10.2. The maximum absolute atomic E-state index is 12.6. The van der Waals surface area contributed by atoms with Crippen LogP contribution in [0.25, 0.3) is 11.2 Å². The number of aryl methyl sites for hydroxylation is 1. The van der Waals surface area contributed by atoms with Crippen LogP contribution in [0, 0.1) is 0 Å². The lowest BCUT2D eigenvalue weighted by Crippen LogP contribution is -2.38. The molecule has 3 aromatic rings. The lowest BCUT2D eigenvalue weighted by Gasteiger charge is -2.24. The molecule has 0 aliphatic rings. The molecule has 9 nitrogen and oxygen atoms in total. The molecule has 0 fully saturated rings. The number of carbonyl (C=O) groups is 1. The normalized spacial score (nSPS) is 12.3. The standard InChI is InChI=1S/C20H25N5O4/c1-14(26)11-16(27)24(12-15-7-5-4-6-8-15)9-10-25-13-21-18-17(25)19(28)23(3)20(29)22(18)2/h4-8,13-14,26H,9-12H2,1-3H3.